The zero-order valence-electron chi connectivity index (χ0n) is 39.1. The summed E-state index contributed by atoms with van der Waals surface area (Å²) in [6, 6.07) is 15.9. The number of aromatic nitrogens is 2. The van der Waals surface area contributed by atoms with Crippen LogP contribution in [-0.2, 0) is 8.85 Å². The Kier molecular flexibility index (Phi) is 16.4. The molecule has 0 amide bonds. The molecule has 0 atom stereocenters. The van der Waals surface area contributed by atoms with Crippen molar-refractivity contribution in [2.24, 2.45) is 0 Å². The van der Waals surface area contributed by atoms with Crippen LogP contribution in [0.3, 0.4) is 0 Å². The number of pyridine rings is 2. The van der Waals surface area contributed by atoms with Gasteiger partial charge in [-0.25, -0.2) is 0 Å². The zero-order valence-corrected chi connectivity index (χ0v) is 41.1. The Bertz CT molecular complexity index is 1790. The molecule has 0 spiro atoms. The molecule has 12 nitrogen and oxygen atoms in total. The molecule has 0 aliphatic rings. The number of anilines is 2. The van der Waals surface area contributed by atoms with Crippen LogP contribution in [0.15, 0.2) is 60.9 Å². The minimum Gasteiger partial charge on any atom is -0.493 e. The molecule has 0 saturated heterocycles. The van der Waals surface area contributed by atoms with Crippen molar-refractivity contribution in [3.63, 3.8) is 0 Å². The predicted octanol–water partition coefficient (Wildman–Crippen LogP) is 10.2. The lowest BCUT2D eigenvalue weighted by atomic mass is 10.1. The standard InChI is InChI=1S/C46H70N4O8Si2/c1-45(2,3)59(13,14)57-25-23-55-43-39(51-9)27-33(28-40(43)52-10)37-19-17-35(31-47-37)49(7)21-22-50(8)36-18-20-38(48-32-36)34-29-41(53-11)44(42(30-34)54-12)56-24-26-58-60(15,16)46(4,5)6/h17-20,27-32H,21-26H2,1-16H3. The number of hydrogen-bond acceptors (Lipinski definition) is 12. The third-order valence-corrected chi connectivity index (χ3v) is 20.9. The van der Waals surface area contributed by atoms with Crippen molar-refractivity contribution < 1.29 is 37.3 Å². The van der Waals surface area contributed by atoms with Crippen LogP contribution in [0.4, 0.5) is 11.4 Å². The molecule has 330 valence electrons. The highest BCUT2D eigenvalue weighted by atomic mass is 28.4. The summed E-state index contributed by atoms with van der Waals surface area (Å²) in [7, 11) is 6.88. The fourth-order valence-corrected chi connectivity index (χ4v) is 7.83. The molecule has 2 heterocycles. The van der Waals surface area contributed by atoms with Gasteiger partial charge in [0.2, 0.25) is 11.5 Å². The molecule has 4 aromatic rings. The van der Waals surface area contributed by atoms with E-state index in [4.69, 9.17) is 47.2 Å². The van der Waals surface area contributed by atoms with Gasteiger partial charge in [0.15, 0.2) is 39.6 Å². The molecule has 0 unspecified atom stereocenters. The molecule has 0 bridgehead atoms. The zero-order chi connectivity index (χ0) is 44.5. The van der Waals surface area contributed by atoms with Crippen LogP contribution in [-0.4, -0.2) is 109 Å². The summed E-state index contributed by atoms with van der Waals surface area (Å²) in [5, 5.41) is 0.256. The predicted molar refractivity (Wildman–Crippen MR) is 249 cm³/mol. The van der Waals surface area contributed by atoms with E-state index in [2.05, 4.69) is 104 Å². The van der Waals surface area contributed by atoms with Crippen molar-refractivity contribution in [2.75, 3.05) is 91.9 Å². The van der Waals surface area contributed by atoms with Crippen molar-refractivity contribution in [1.29, 1.82) is 0 Å². The van der Waals surface area contributed by atoms with Gasteiger partial charge in [-0.15, -0.1) is 0 Å². The second kappa shape index (κ2) is 20.4. The first-order valence-electron chi connectivity index (χ1n) is 20.6. The summed E-state index contributed by atoms with van der Waals surface area (Å²) >= 11 is 0. The number of likely N-dealkylation sites (N-methyl/N-ethyl adjacent to an activating group) is 2. The third kappa shape index (κ3) is 12.1. The first-order chi connectivity index (χ1) is 28.2. The normalized spacial score (nSPS) is 12.2. The number of methoxy groups -OCH3 is 4. The summed E-state index contributed by atoms with van der Waals surface area (Å²) in [6.45, 7) is 25.6. The highest BCUT2D eigenvalue weighted by molar-refractivity contribution is 6.74. The third-order valence-electron chi connectivity index (χ3n) is 11.9. The number of ether oxygens (including phenoxy) is 6. The molecule has 0 N–H and O–H groups in total. The van der Waals surface area contributed by atoms with Crippen molar-refractivity contribution in [1.82, 2.24) is 9.97 Å². The summed E-state index contributed by atoms with van der Waals surface area (Å²) in [6.07, 6.45) is 3.77. The van der Waals surface area contributed by atoms with Gasteiger partial charge in [0, 0.05) is 38.3 Å². The first kappa shape index (κ1) is 48.2. The molecule has 0 aliphatic heterocycles. The van der Waals surface area contributed by atoms with Gasteiger partial charge in [-0.2, -0.15) is 0 Å². The highest BCUT2D eigenvalue weighted by Crippen LogP contribution is 2.43. The van der Waals surface area contributed by atoms with Gasteiger partial charge < -0.3 is 47.1 Å². The molecular weight excluding hydrogens is 793 g/mol. The van der Waals surface area contributed by atoms with Crippen LogP contribution in [0, 0.1) is 0 Å². The van der Waals surface area contributed by atoms with Crippen LogP contribution in [0.5, 0.6) is 34.5 Å². The Morgan fingerprint density at radius 3 is 1.07 bits per heavy atom. The fourth-order valence-electron chi connectivity index (χ4n) is 5.78. The molecule has 4 rings (SSSR count). The van der Waals surface area contributed by atoms with E-state index >= 15 is 0 Å². The largest absolute Gasteiger partial charge is 0.493 e. The van der Waals surface area contributed by atoms with Crippen molar-refractivity contribution >= 4 is 28.0 Å². The van der Waals surface area contributed by atoms with Crippen LogP contribution >= 0.6 is 0 Å². The smallest absolute Gasteiger partial charge is 0.203 e. The highest BCUT2D eigenvalue weighted by Gasteiger charge is 2.38. The minimum absolute atomic E-state index is 0.128. The van der Waals surface area contributed by atoms with E-state index in [0.717, 1.165) is 47.0 Å². The quantitative estimate of drug-likeness (QED) is 0.0588. The summed E-state index contributed by atoms with van der Waals surface area (Å²) in [4.78, 5) is 14.0. The molecule has 0 aliphatic carbocycles. The second-order valence-corrected chi connectivity index (χ2v) is 27.6. The SMILES string of the molecule is COc1cc(-c2ccc(N(C)CCN(C)c3ccc(-c4cc(OC)c(OCCO[Si](C)(C)C(C)(C)C)c(OC)c4)nc3)cn2)cc(OC)c1OCCO[Si](C)(C)C(C)(C)C. The van der Waals surface area contributed by atoms with E-state index < -0.39 is 16.6 Å². The van der Waals surface area contributed by atoms with Gasteiger partial charge in [-0.05, 0) is 84.8 Å². The number of hydrogen-bond donors (Lipinski definition) is 0. The fraction of sp³-hybridized carbons (Fsp3) is 0.522. The molecule has 2 aromatic carbocycles. The molecule has 2 aromatic heterocycles. The Morgan fingerprint density at radius 1 is 0.500 bits per heavy atom. The lowest BCUT2D eigenvalue weighted by Gasteiger charge is -2.36. The first-order valence-corrected chi connectivity index (χ1v) is 26.4. The van der Waals surface area contributed by atoms with Crippen molar-refractivity contribution in [3.05, 3.63) is 60.9 Å². The maximum atomic E-state index is 6.30. The average Bonchev–Trinajstić information content (AvgIpc) is 3.21. The Hall–Kier alpha value is -4.51. The Morgan fingerprint density at radius 2 is 0.817 bits per heavy atom. The topological polar surface area (TPSA) is 106 Å². The lowest BCUT2D eigenvalue weighted by molar-refractivity contribution is 0.193. The molecule has 0 saturated carbocycles. The van der Waals surface area contributed by atoms with Crippen molar-refractivity contribution in [3.8, 4) is 57.0 Å². The number of nitrogens with zero attached hydrogens (tertiary/aromatic N) is 4. The molecule has 0 radical (unpaired) electrons. The summed E-state index contributed by atoms with van der Waals surface area (Å²) < 4.78 is 47.8. The minimum atomic E-state index is -1.88. The molecule has 0 fully saturated rings. The summed E-state index contributed by atoms with van der Waals surface area (Å²) in [5.74, 6) is 3.40. The van der Waals surface area contributed by atoms with Crippen LogP contribution < -0.4 is 38.2 Å². The Labute approximate surface area is 361 Å². The Balaban J connectivity index is 1.36. The monoisotopic (exact) mass is 862 g/mol. The lowest BCUT2D eigenvalue weighted by Crippen LogP contribution is -2.41. The van der Waals surface area contributed by atoms with Gasteiger partial charge in [0.25, 0.3) is 0 Å². The molecule has 60 heavy (non-hydrogen) atoms. The van der Waals surface area contributed by atoms with Gasteiger partial charge in [0.05, 0.1) is 76.8 Å². The van der Waals surface area contributed by atoms with E-state index in [0.29, 0.717) is 60.9 Å². The van der Waals surface area contributed by atoms with E-state index in [-0.39, 0.29) is 10.1 Å². The van der Waals surface area contributed by atoms with Crippen LogP contribution in [0.25, 0.3) is 22.5 Å². The van der Waals surface area contributed by atoms with Crippen LogP contribution in [0.1, 0.15) is 41.5 Å². The maximum absolute atomic E-state index is 6.30. The van der Waals surface area contributed by atoms with E-state index in [1.165, 1.54) is 0 Å². The summed E-state index contributed by atoms with van der Waals surface area (Å²) in [5.41, 5.74) is 5.32. The molecule has 14 heteroatoms. The maximum Gasteiger partial charge on any atom is 0.203 e. The van der Waals surface area contributed by atoms with E-state index in [1.807, 2.05) is 48.8 Å². The van der Waals surface area contributed by atoms with Gasteiger partial charge in [-0.1, -0.05) is 41.5 Å². The van der Waals surface area contributed by atoms with Gasteiger partial charge in [0.1, 0.15) is 13.2 Å². The van der Waals surface area contributed by atoms with Gasteiger partial charge >= 0.3 is 0 Å². The van der Waals surface area contributed by atoms with Crippen molar-refractivity contribution in [2.45, 2.75) is 77.8 Å². The van der Waals surface area contributed by atoms with E-state index in [1.54, 1.807) is 28.4 Å². The van der Waals surface area contributed by atoms with E-state index in [9.17, 15) is 0 Å². The second-order valence-electron chi connectivity index (χ2n) is 18.0. The average molecular weight is 863 g/mol. The van der Waals surface area contributed by atoms with Crippen LogP contribution in [0.2, 0.25) is 36.3 Å². The number of benzene rings is 2. The van der Waals surface area contributed by atoms with Gasteiger partial charge in [-0.3, -0.25) is 9.97 Å². The number of rotatable bonds is 21. The molecular formula is C46H70N4O8Si2.